The average molecular weight is 566 g/mol. The predicted octanol–water partition coefficient (Wildman–Crippen LogP) is 6.45. The fourth-order valence-electron chi connectivity index (χ4n) is 1.60. The van der Waals surface area contributed by atoms with Crippen molar-refractivity contribution in [3.8, 4) is 0 Å². The van der Waals surface area contributed by atoms with Gasteiger partial charge in [-0.25, -0.2) is 0 Å². The van der Waals surface area contributed by atoms with Crippen LogP contribution in [0.1, 0.15) is 20.3 Å². The van der Waals surface area contributed by atoms with Crippen molar-refractivity contribution in [2.24, 2.45) is 5.92 Å². The van der Waals surface area contributed by atoms with Gasteiger partial charge in [-0.2, -0.15) is 74.6 Å². The molecule has 0 amide bonds. The summed E-state index contributed by atoms with van der Waals surface area (Å²) in [6.07, 6.45) is -38.3. The summed E-state index contributed by atoms with van der Waals surface area (Å²) in [7, 11) is 0. The minimum atomic E-state index is -7.97. The van der Waals surface area contributed by atoms with Crippen LogP contribution in [-0.2, 0) is 19.0 Å². The van der Waals surface area contributed by atoms with E-state index in [1.54, 1.807) is 0 Å². The third-order valence-corrected chi connectivity index (χ3v) is 3.86. The molecule has 0 radical (unpaired) electrons. The van der Waals surface area contributed by atoms with E-state index in [-0.39, 0.29) is 6.42 Å². The molecule has 0 aliphatic heterocycles. The van der Waals surface area contributed by atoms with Gasteiger partial charge in [-0.1, -0.05) is 13.8 Å². The Balaban J connectivity index is 6.53. The van der Waals surface area contributed by atoms with Crippen LogP contribution in [0.3, 0.4) is 0 Å². The first-order valence-electron chi connectivity index (χ1n) is 8.31. The molecular formula is C14H11F17O4. The molecule has 0 rings (SSSR count). The Kier molecular flexibility index (Phi) is 9.09. The number of hydrogen-bond acceptors (Lipinski definition) is 4. The van der Waals surface area contributed by atoms with Crippen LogP contribution < -0.4 is 0 Å². The Morgan fingerprint density at radius 3 is 1.40 bits per heavy atom. The van der Waals surface area contributed by atoms with Gasteiger partial charge in [-0.05, 0) is 6.42 Å². The first-order valence-corrected chi connectivity index (χ1v) is 8.31. The molecule has 3 atom stereocenters. The first-order chi connectivity index (χ1) is 15.0. The van der Waals surface area contributed by atoms with Gasteiger partial charge in [0.25, 0.3) is 0 Å². The molecule has 35 heavy (non-hydrogen) atoms. The second-order valence-corrected chi connectivity index (χ2v) is 6.55. The normalized spacial score (nSPS) is 19.1. The lowest BCUT2D eigenvalue weighted by atomic mass is 10.1. The lowest BCUT2D eigenvalue weighted by Gasteiger charge is -2.40. The van der Waals surface area contributed by atoms with Gasteiger partial charge in [0.1, 0.15) is 0 Å². The zero-order valence-electron chi connectivity index (χ0n) is 16.5. The van der Waals surface area contributed by atoms with Crippen LogP contribution in [0, 0.1) is 5.92 Å². The summed E-state index contributed by atoms with van der Waals surface area (Å²) in [5, 5.41) is 0. The van der Waals surface area contributed by atoms with Crippen molar-refractivity contribution in [1.29, 1.82) is 0 Å². The minimum Gasteiger partial charge on any atom is -0.459 e. The summed E-state index contributed by atoms with van der Waals surface area (Å²) in [5.74, 6) is -25.4. The monoisotopic (exact) mass is 566 g/mol. The number of carbonyl (C=O) groups is 1. The third-order valence-electron chi connectivity index (χ3n) is 3.86. The Labute approximate surface area is 182 Å². The van der Waals surface area contributed by atoms with Crippen LogP contribution in [0.4, 0.5) is 74.6 Å². The van der Waals surface area contributed by atoms with Crippen molar-refractivity contribution >= 4 is 5.97 Å². The highest BCUT2D eigenvalue weighted by molar-refractivity contribution is 5.71. The van der Waals surface area contributed by atoms with E-state index in [2.05, 4.69) is 4.74 Å². The van der Waals surface area contributed by atoms with Crippen molar-refractivity contribution < 1.29 is 93.6 Å². The molecule has 0 aliphatic rings. The number of carbonyl (C=O) groups excluding carboxylic acids is 1. The van der Waals surface area contributed by atoms with Crippen molar-refractivity contribution in [2.75, 3.05) is 6.61 Å². The standard InChI is InChI=1S/C14H11F17O4/c1-3-5(2)6(32)33-4-7(15,10(19,20)21)34-14(30,31)9(18,12(25,26)27)35-13(28,29)8(16,17)11(22,23)24/h5H,3-4H2,1-2H3. The molecule has 0 aromatic rings. The fourth-order valence-corrected chi connectivity index (χ4v) is 1.60. The van der Waals surface area contributed by atoms with Crippen LogP contribution in [-0.4, -0.2) is 61.0 Å². The van der Waals surface area contributed by atoms with Gasteiger partial charge < -0.3 is 4.74 Å². The van der Waals surface area contributed by atoms with Crippen molar-refractivity contribution in [3.63, 3.8) is 0 Å². The fraction of sp³-hybridized carbons (Fsp3) is 0.929. The lowest BCUT2D eigenvalue weighted by Crippen LogP contribution is -2.67. The Morgan fingerprint density at radius 2 is 1.09 bits per heavy atom. The topological polar surface area (TPSA) is 44.8 Å². The van der Waals surface area contributed by atoms with Crippen molar-refractivity contribution in [2.45, 2.75) is 68.6 Å². The van der Waals surface area contributed by atoms with Gasteiger partial charge in [0, 0.05) is 0 Å². The highest BCUT2D eigenvalue weighted by atomic mass is 19.4. The van der Waals surface area contributed by atoms with E-state index >= 15 is 0 Å². The molecule has 0 saturated heterocycles. The van der Waals surface area contributed by atoms with Crippen molar-refractivity contribution in [3.05, 3.63) is 0 Å². The minimum absolute atomic E-state index is 0.251. The number of alkyl halides is 17. The second-order valence-electron chi connectivity index (χ2n) is 6.55. The van der Waals surface area contributed by atoms with Gasteiger partial charge in [0.15, 0.2) is 6.61 Å². The number of esters is 1. The molecule has 0 aliphatic carbocycles. The van der Waals surface area contributed by atoms with E-state index in [0.717, 1.165) is 6.92 Å². The van der Waals surface area contributed by atoms with Gasteiger partial charge in [-0.15, -0.1) is 0 Å². The summed E-state index contributed by atoms with van der Waals surface area (Å²) < 4.78 is 227. The maximum absolute atomic E-state index is 14.1. The van der Waals surface area contributed by atoms with Gasteiger partial charge in [0.2, 0.25) is 0 Å². The zero-order valence-corrected chi connectivity index (χ0v) is 16.5. The van der Waals surface area contributed by atoms with E-state index in [1.165, 1.54) is 11.7 Å². The Hall–Kier alpha value is -1.80. The largest absolute Gasteiger partial charge is 0.462 e. The smallest absolute Gasteiger partial charge is 0.459 e. The van der Waals surface area contributed by atoms with E-state index in [4.69, 9.17) is 0 Å². The van der Waals surface area contributed by atoms with Crippen molar-refractivity contribution in [1.82, 2.24) is 0 Å². The maximum atomic E-state index is 14.1. The summed E-state index contributed by atoms with van der Waals surface area (Å²) in [6.45, 7) is -1.05. The molecular weight excluding hydrogens is 555 g/mol. The van der Waals surface area contributed by atoms with Crippen LogP contribution >= 0.6 is 0 Å². The van der Waals surface area contributed by atoms with E-state index < -0.39 is 66.9 Å². The molecule has 3 unspecified atom stereocenters. The molecule has 0 heterocycles. The highest BCUT2D eigenvalue weighted by Gasteiger charge is 2.85. The zero-order chi connectivity index (χ0) is 28.7. The lowest BCUT2D eigenvalue weighted by molar-refractivity contribution is -0.552. The summed E-state index contributed by atoms with van der Waals surface area (Å²) in [6, 6.07) is 0. The number of ether oxygens (including phenoxy) is 3. The summed E-state index contributed by atoms with van der Waals surface area (Å²) >= 11 is 0. The SMILES string of the molecule is CCC(C)C(=O)OCC(F)(OC(F)(F)C(F)(OC(F)(F)C(F)(F)C(F)(F)F)C(F)(F)F)C(F)(F)F. The number of hydrogen-bond donors (Lipinski definition) is 0. The Bertz CT molecular complexity index is 743. The number of halogens is 17. The first kappa shape index (κ1) is 33.2. The van der Waals surface area contributed by atoms with Crippen LogP contribution in [0.25, 0.3) is 0 Å². The van der Waals surface area contributed by atoms with E-state index in [0.29, 0.717) is 0 Å². The molecule has 0 bridgehead atoms. The number of rotatable bonds is 10. The second kappa shape index (κ2) is 9.58. The predicted molar refractivity (Wildman–Crippen MR) is 73.3 cm³/mol. The molecule has 210 valence electrons. The Morgan fingerprint density at radius 1 is 0.657 bits per heavy atom. The quantitative estimate of drug-likeness (QED) is 0.226. The van der Waals surface area contributed by atoms with Gasteiger partial charge >= 0.3 is 54.3 Å². The average Bonchev–Trinajstić information content (AvgIpc) is 2.61. The van der Waals surface area contributed by atoms with E-state index in [9.17, 15) is 79.4 Å². The molecule has 0 saturated carbocycles. The van der Waals surface area contributed by atoms with Gasteiger partial charge in [0.05, 0.1) is 5.92 Å². The molecule has 0 aromatic carbocycles. The molecule has 0 fully saturated rings. The molecule has 0 N–H and O–H groups in total. The molecule has 4 nitrogen and oxygen atoms in total. The van der Waals surface area contributed by atoms with Crippen LogP contribution in [0.15, 0.2) is 0 Å². The van der Waals surface area contributed by atoms with E-state index in [1.807, 2.05) is 4.74 Å². The third kappa shape index (κ3) is 6.50. The highest BCUT2D eigenvalue weighted by Crippen LogP contribution is 2.56. The van der Waals surface area contributed by atoms with Crippen LogP contribution in [0.5, 0.6) is 0 Å². The van der Waals surface area contributed by atoms with Crippen LogP contribution in [0.2, 0.25) is 0 Å². The molecule has 0 spiro atoms. The molecule has 0 aromatic heterocycles. The summed E-state index contributed by atoms with van der Waals surface area (Å²) in [4.78, 5) is 11.3. The maximum Gasteiger partial charge on any atom is 0.462 e. The van der Waals surface area contributed by atoms with Gasteiger partial charge in [-0.3, -0.25) is 14.3 Å². The molecule has 21 heteroatoms. The summed E-state index contributed by atoms with van der Waals surface area (Å²) in [5.41, 5.74) is 0.